The van der Waals surface area contributed by atoms with Gasteiger partial charge in [-0.3, -0.25) is 9.69 Å². The van der Waals surface area contributed by atoms with Crippen LogP contribution in [0.5, 0.6) is 0 Å². The molecule has 1 heterocycles. The van der Waals surface area contributed by atoms with Crippen LogP contribution in [0.2, 0.25) is 0 Å². The third-order valence-electron chi connectivity index (χ3n) is 4.87. The average molecular weight is 297 g/mol. The van der Waals surface area contributed by atoms with Crippen LogP contribution in [-0.4, -0.2) is 66.7 Å². The SMILES string of the molecule is CCCN(C1CCC(N)CC1)C(C)C(=O)N1CCOCC1. The van der Waals surface area contributed by atoms with Gasteiger partial charge < -0.3 is 15.4 Å². The maximum Gasteiger partial charge on any atom is 0.239 e. The maximum atomic E-state index is 12.7. The first-order valence-electron chi connectivity index (χ1n) is 8.51. The summed E-state index contributed by atoms with van der Waals surface area (Å²) in [7, 11) is 0. The molecule has 0 radical (unpaired) electrons. The molecular weight excluding hydrogens is 266 g/mol. The number of amides is 1. The molecule has 1 aliphatic carbocycles. The van der Waals surface area contributed by atoms with Gasteiger partial charge in [-0.15, -0.1) is 0 Å². The highest BCUT2D eigenvalue weighted by atomic mass is 16.5. The molecule has 1 saturated carbocycles. The molecule has 5 heteroatoms. The summed E-state index contributed by atoms with van der Waals surface area (Å²) in [6.45, 7) is 8.07. The van der Waals surface area contributed by atoms with E-state index in [1.165, 1.54) is 0 Å². The van der Waals surface area contributed by atoms with Crippen molar-refractivity contribution in [3.05, 3.63) is 0 Å². The second kappa shape index (κ2) is 8.11. The Balaban J connectivity index is 1.97. The first kappa shape index (κ1) is 16.7. The number of carbonyl (C=O) groups excluding carboxylic acids is 1. The first-order valence-corrected chi connectivity index (χ1v) is 8.51. The van der Waals surface area contributed by atoms with Gasteiger partial charge in [0.05, 0.1) is 19.3 Å². The first-order chi connectivity index (χ1) is 10.1. The zero-order valence-corrected chi connectivity index (χ0v) is 13.6. The normalized spacial score (nSPS) is 28.7. The number of rotatable bonds is 5. The highest BCUT2D eigenvalue weighted by Crippen LogP contribution is 2.24. The van der Waals surface area contributed by atoms with Crippen LogP contribution in [0.25, 0.3) is 0 Å². The molecule has 1 amide bonds. The van der Waals surface area contributed by atoms with Crippen molar-refractivity contribution in [1.82, 2.24) is 9.80 Å². The van der Waals surface area contributed by atoms with Crippen LogP contribution in [0.3, 0.4) is 0 Å². The van der Waals surface area contributed by atoms with Crippen molar-refractivity contribution in [3.8, 4) is 0 Å². The molecule has 0 spiro atoms. The van der Waals surface area contributed by atoms with Gasteiger partial charge in [0.15, 0.2) is 0 Å². The molecule has 2 aliphatic rings. The molecular formula is C16H31N3O2. The van der Waals surface area contributed by atoms with Crippen LogP contribution in [-0.2, 0) is 9.53 Å². The predicted octanol–water partition coefficient (Wildman–Crippen LogP) is 1.22. The third-order valence-corrected chi connectivity index (χ3v) is 4.87. The molecule has 2 N–H and O–H groups in total. The van der Waals surface area contributed by atoms with Crippen LogP contribution < -0.4 is 5.73 Å². The minimum absolute atomic E-state index is 0.0256. The predicted molar refractivity (Wildman–Crippen MR) is 84.1 cm³/mol. The van der Waals surface area contributed by atoms with Crippen LogP contribution in [0.4, 0.5) is 0 Å². The lowest BCUT2D eigenvalue weighted by Gasteiger charge is -2.41. The van der Waals surface area contributed by atoms with Gasteiger partial charge in [0.25, 0.3) is 0 Å². The van der Waals surface area contributed by atoms with E-state index in [4.69, 9.17) is 10.5 Å². The van der Waals surface area contributed by atoms with Crippen molar-refractivity contribution in [3.63, 3.8) is 0 Å². The Hall–Kier alpha value is -0.650. The van der Waals surface area contributed by atoms with Crippen LogP contribution in [0.15, 0.2) is 0 Å². The molecule has 21 heavy (non-hydrogen) atoms. The third kappa shape index (κ3) is 4.41. The molecule has 1 unspecified atom stereocenters. The Labute approximate surface area is 128 Å². The summed E-state index contributed by atoms with van der Waals surface area (Å²) in [5, 5.41) is 0. The molecule has 0 aromatic rings. The summed E-state index contributed by atoms with van der Waals surface area (Å²) < 4.78 is 5.34. The van der Waals surface area contributed by atoms with Gasteiger partial charge in [0.2, 0.25) is 5.91 Å². The van der Waals surface area contributed by atoms with E-state index in [1.807, 2.05) is 4.90 Å². The van der Waals surface area contributed by atoms with Crippen molar-refractivity contribution in [1.29, 1.82) is 0 Å². The molecule has 2 fully saturated rings. The minimum Gasteiger partial charge on any atom is -0.378 e. The lowest BCUT2D eigenvalue weighted by Crippen LogP contribution is -2.54. The molecule has 0 aromatic heterocycles. The second-order valence-electron chi connectivity index (χ2n) is 6.42. The number of morpholine rings is 1. The highest BCUT2D eigenvalue weighted by Gasteiger charge is 2.32. The largest absolute Gasteiger partial charge is 0.378 e. The number of hydrogen-bond acceptors (Lipinski definition) is 4. The molecule has 2 rings (SSSR count). The molecule has 0 bridgehead atoms. The van der Waals surface area contributed by atoms with E-state index in [0.717, 1.165) is 51.7 Å². The van der Waals surface area contributed by atoms with E-state index in [2.05, 4.69) is 18.7 Å². The van der Waals surface area contributed by atoms with Gasteiger partial charge in [-0.05, 0) is 45.6 Å². The molecule has 1 aliphatic heterocycles. The average Bonchev–Trinajstić information content (AvgIpc) is 2.53. The summed E-state index contributed by atoms with van der Waals surface area (Å²) in [5.41, 5.74) is 6.02. The van der Waals surface area contributed by atoms with E-state index in [-0.39, 0.29) is 11.9 Å². The zero-order valence-electron chi connectivity index (χ0n) is 13.6. The van der Waals surface area contributed by atoms with Gasteiger partial charge in [0, 0.05) is 25.2 Å². The van der Waals surface area contributed by atoms with E-state index in [9.17, 15) is 4.79 Å². The number of carbonyl (C=O) groups is 1. The summed E-state index contributed by atoms with van der Waals surface area (Å²) >= 11 is 0. The summed E-state index contributed by atoms with van der Waals surface area (Å²) in [6.07, 6.45) is 5.51. The van der Waals surface area contributed by atoms with Crippen molar-refractivity contribution in [2.75, 3.05) is 32.8 Å². The van der Waals surface area contributed by atoms with Crippen molar-refractivity contribution in [2.45, 2.75) is 64.1 Å². The number of nitrogens with two attached hydrogens (primary N) is 1. The van der Waals surface area contributed by atoms with E-state index in [1.54, 1.807) is 0 Å². The standard InChI is InChI=1S/C16H31N3O2/c1-3-8-19(15-6-4-14(17)5-7-15)13(2)16(20)18-9-11-21-12-10-18/h13-15H,3-12,17H2,1-2H3. The number of hydrogen-bond donors (Lipinski definition) is 1. The van der Waals surface area contributed by atoms with Crippen LogP contribution in [0, 0.1) is 0 Å². The molecule has 5 nitrogen and oxygen atoms in total. The fourth-order valence-electron chi connectivity index (χ4n) is 3.57. The lowest BCUT2D eigenvalue weighted by molar-refractivity contribution is -0.141. The molecule has 122 valence electrons. The lowest BCUT2D eigenvalue weighted by atomic mass is 9.89. The molecule has 1 saturated heterocycles. The van der Waals surface area contributed by atoms with Crippen molar-refractivity contribution in [2.24, 2.45) is 5.73 Å². The second-order valence-corrected chi connectivity index (χ2v) is 6.42. The Bertz CT molecular complexity index is 323. The highest BCUT2D eigenvalue weighted by molar-refractivity contribution is 5.81. The van der Waals surface area contributed by atoms with E-state index >= 15 is 0 Å². The smallest absolute Gasteiger partial charge is 0.239 e. The molecule has 1 atom stereocenters. The van der Waals surface area contributed by atoms with Gasteiger partial charge in [-0.1, -0.05) is 6.92 Å². The van der Waals surface area contributed by atoms with Crippen molar-refractivity contribution >= 4 is 5.91 Å². The quantitative estimate of drug-likeness (QED) is 0.829. The summed E-state index contributed by atoms with van der Waals surface area (Å²) in [4.78, 5) is 17.1. The van der Waals surface area contributed by atoms with Gasteiger partial charge in [-0.25, -0.2) is 0 Å². The van der Waals surface area contributed by atoms with Crippen molar-refractivity contribution < 1.29 is 9.53 Å². The summed E-state index contributed by atoms with van der Waals surface area (Å²) in [6, 6.07) is 0.849. The Morgan fingerprint density at radius 3 is 2.48 bits per heavy atom. The zero-order chi connectivity index (χ0) is 15.2. The Kier molecular flexibility index (Phi) is 6.45. The fraction of sp³-hybridized carbons (Fsp3) is 0.938. The van der Waals surface area contributed by atoms with Gasteiger partial charge >= 0.3 is 0 Å². The number of nitrogens with zero attached hydrogens (tertiary/aromatic N) is 2. The van der Waals surface area contributed by atoms with Gasteiger partial charge in [-0.2, -0.15) is 0 Å². The fourth-order valence-corrected chi connectivity index (χ4v) is 3.57. The van der Waals surface area contributed by atoms with Crippen LogP contribution >= 0.6 is 0 Å². The van der Waals surface area contributed by atoms with E-state index in [0.29, 0.717) is 25.3 Å². The Morgan fingerprint density at radius 2 is 1.90 bits per heavy atom. The van der Waals surface area contributed by atoms with Crippen LogP contribution in [0.1, 0.15) is 46.0 Å². The van der Waals surface area contributed by atoms with E-state index < -0.39 is 0 Å². The van der Waals surface area contributed by atoms with Gasteiger partial charge in [0.1, 0.15) is 0 Å². The minimum atomic E-state index is -0.0256. The monoisotopic (exact) mass is 297 g/mol. The Morgan fingerprint density at radius 1 is 1.29 bits per heavy atom. The summed E-state index contributed by atoms with van der Waals surface area (Å²) in [5.74, 6) is 0.265. The topological polar surface area (TPSA) is 58.8 Å². The number of ether oxygens (including phenoxy) is 1. The maximum absolute atomic E-state index is 12.7. The molecule has 0 aromatic carbocycles.